The van der Waals surface area contributed by atoms with Crippen molar-refractivity contribution in [3.05, 3.63) is 77.2 Å². The molecule has 3 amide bonds. The number of phenolic OH excluding ortho intramolecular Hbond substituents is 1. The van der Waals surface area contributed by atoms with E-state index in [1.165, 1.54) is 12.1 Å². The second-order valence-corrected chi connectivity index (χ2v) is 6.62. The molecule has 0 unspecified atom stereocenters. The van der Waals surface area contributed by atoms with Gasteiger partial charge in [0.15, 0.2) is 0 Å². The van der Waals surface area contributed by atoms with E-state index < -0.39 is 23.6 Å². The predicted molar refractivity (Wildman–Crippen MR) is 105 cm³/mol. The van der Waals surface area contributed by atoms with E-state index in [1.54, 1.807) is 24.3 Å². The number of carbonyl (C=O) groups excluding carboxylic acids is 3. The number of rotatable bonds is 5. The molecule has 1 saturated heterocycles. The molecule has 7 heteroatoms. The minimum Gasteiger partial charge on any atom is -0.506 e. The van der Waals surface area contributed by atoms with Crippen LogP contribution in [0.5, 0.6) is 5.75 Å². The zero-order valence-electron chi connectivity index (χ0n) is 14.2. The van der Waals surface area contributed by atoms with Crippen LogP contribution < -0.4 is 5.32 Å². The second kappa shape index (κ2) is 8.37. The van der Waals surface area contributed by atoms with Crippen molar-refractivity contribution >= 4 is 40.6 Å². The highest BCUT2D eigenvalue weighted by Gasteiger charge is 2.36. The number of thioether (sulfide) groups is 1. The largest absolute Gasteiger partial charge is 0.506 e. The van der Waals surface area contributed by atoms with Crippen LogP contribution >= 0.6 is 11.8 Å². The standard InChI is InChI=1S/C20H16N2O4S/c23-16-11-5-4-10-15(16)21-18(24)13-22-19(25)17(27-20(22)26)12-6-9-14-7-2-1-3-8-14/h1-12,23H,13H2,(H,21,24)/b9-6+,17-12+. The Labute approximate surface area is 160 Å². The lowest BCUT2D eigenvalue weighted by atomic mass is 10.2. The third-order valence-electron chi connectivity index (χ3n) is 3.69. The van der Waals surface area contributed by atoms with Gasteiger partial charge in [0.1, 0.15) is 12.3 Å². The van der Waals surface area contributed by atoms with Crippen LogP contribution in [0.15, 0.2) is 71.7 Å². The highest BCUT2D eigenvalue weighted by atomic mass is 32.2. The molecule has 2 aromatic carbocycles. The van der Waals surface area contributed by atoms with Crippen molar-refractivity contribution in [1.29, 1.82) is 0 Å². The van der Waals surface area contributed by atoms with Crippen LogP contribution in [0.4, 0.5) is 10.5 Å². The van der Waals surface area contributed by atoms with E-state index in [-0.39, 0.29) is 16.3 Å². The lowest BCUT2D eigenvalue weighted by Gasteiger charge is -2.12. The Balaban J connectivity index is 1.63. The van der Waals surface area contributed by atoms with E-state index >= 15 is 0 Å². The number of amides is 3. The lowest BCUT2D eigenvalue weighted by molar-refractivity contribution is -0.127. The zero-order chi connectivity index (χ0) is 19.2. The number of allylic oxidation sites excluding steroid dienone is 2. The number of aromatic hydroxyl groups is 1. The Bertz CT molecular complexity index is 938. The number of para-hydroxylation sites is 2. The van der Waals surface area contributed by atoms with Gasteiger partial charge < -0.3 is 10.4 Å². The molecule has 3 rings (SSSR count). The monoisotopic (exact) mass is 380 g/mol. The minimum absolute atomic E-state index is 0.0917. The lowest BCUT2D eigenvalue weighted by Crippen LogP contribution is -2.36. The first-order valence-corrected chi connectivity index (χ1v) is 8.91. The van der Waals surface area contributed by atoms with Crippen LogP contribution in [-0.4, -0.2) is 33.6 Å². The van der Waals surface area contributed by atoms with Gasteiger partial charge in [-0.25, -0.2) is 0 Å². The summed E-state index contributed by atoms with van der Waals surface area (Å²) in [7, 11) is 0. The molecule has 136 valence electrons. The van der Waals surface area contributed by atoms with Gasteiger partial charge in [-0.05, 0) is 35.5 Å². The van der Waals surface area contributed by atoms with Crippen LogP contribution in [0.1, 0.15) is 5.56 Å². The van der Waals surface area contributed by atoms with Gasteiger partial charge in [-0.1, -0.05) is 54.6 Å². The Morgan fingerprint density at radius 1 is 1.07 bits per heavy atom. The fourth-order valence-electron chi connectivity index (χ4n) is 2.37. The molecule has 0 atom stereocenters. The summed E-state index contributed by atoms with van der Waals surface area (Å²) >= 11 is 0.786. The minimum atomic E-state index is -0.570. The van der Waals surface area contributed by atoms with Gasteiger partial charge in [-0.2, -0.15) is 0 Å². The summed E-state index contributed by atoms with van der Waals surface area (Å²) in [5.74, 6) is -1.18. The summed E-state index contributed by atoms with van der Waals surface area (Å²) in [6, 6.07) is 15.8. The van der Waals surface area contributed by atoms with Crippen LogP contribution in [0.25, 0.3) is 6.08 Å². The van der Waals surface area contributed by atoms with Crippen molar-refractivity contribution < 1.29 is 19.5 Å². The van der Waals surface area contributed by atoms with E-state index in [9.17, 15) is 19.5 Å². The Morgan fingerprint density at radius 2 is 1.78 bits per heavy atom. The molecule has 0 aromatic heterocycles. The van der Waals surface area contributed by atoms with Crippen molar-refractivity contribution in [2.24, 2.45) is 0 Å². The van der Waals surface area contributed by atoms with Gasteiger partial charge >= 0.3 is 0 Å². The molecule has 27 heavy (non-hydrogen) atoms. The number of carbonyl (C=O) groups is 3. The molecule has 0 bridgehead atoms. The summed E-state index contributed by atoms with van der Waals surface area (Å²) in [4.78, 5) is 37.7. The van der Waals surface area contributed by atoms with E-state index in [0.717, 1.165) is 22.2 Å². The molecular formula is C20H16N2O4S. The molecule has 0 saturated carbocycles. The van der Waals surface area contributed by atoms with E-state index in [2.05, 4.69) is 5.32 Å². The number of phenols is 1. The summed E-state index contributed by atoms with van der Waals surface area (Å²) in [6.07, 6.45) is 5.06. The molecule has 1 aliphatic heterocycles. The Hall–Kier alpha value is -3.32. The molecule has 0 spiro atoms. The number of hydrogen-bond donors (Lipinski definition) is 2. The molecule has 2 N–H and O–H groups in total. The number of benzene rings is 2. The van der Waals surface area contributed by atoms with Crippen LogP contribution in [0, 0.1) is 0 Å². The average Bonchev–Trinajstić information content (AvgIpc) is 2.92. The van der Waals surface area contributed by atoms with E-state index in [1.807, 2.05) is 36.4 Å². The quantitative estimate of drug-likeness (QED) is 0.611. The number of nitrogens with one attached hydrogen (secondary N) is 1. The average molecular weight is 380 g/mol. The maximum Gasteiger partial charge on any atom is 0.294 e. The molecule has 0 radical (unpaired) electrons. The Morgan fingerprint density at radius 3 is 2.52 bits per heavy atom. The number of imide groups is 1. The number of nitrogens with zero attached hydrogens (tertiary/aromatic N) is 1. The van der Waals surface area contributed by atoms with Gasteiger partial charge in [0.25, 0.3) is 11.1 Å². The summed E-state index contributed by atoms with van der Waals surface area (Å²) < 4.78 is 0. The highest BCUT2D eigenvalue weighted by molar-refractivity contribution is 8.18. The molecule has 1 aliphatic rings. The predicted octanol–water partition coefficient (Wildman–Crippen LogP) is 3.62. The zero-order valence-corrected chi connectivity index (χ0v) is 15.0. The summed E-state index contributed by atoms with van der Waals surface area (Å²) in [5, 5.41) is 11.6. The third-order valence-corrected chi connectivity index (χ3v) is 4.61. The fraction of sp³-hybridized carbons (Fsp3) is 0.0500. The van der Waals surface area contributed by atoms with Crippen LogP contribution in [0.3, 0.4) is 0 Å². The number of anilines is 1. The van der Waals surface area contributed by atoms with Crippen molar-refractivity contribution in [3.63, 3.8) is 0 Å². The smallest absolute Gasteiger partial charge is 0.294 e. The molecule has 2 aromatic rings. The topological polar surface area (TPSA) is 86.7 Å². The van der Waals surface area contributed by atoms with Crippen molar-refractivity contribution in [3.8, 4) is 5.75 Å². The maximum absolute atomic E-state index is 12.4. The van der Waals surface area contributed by atoms with Crippen LogP contribution in [-0.2, 0) is 9.59 Å². The summed E-state index contributed by atoms with van der Waals surface area (Å²) in [6.45, 7) is -0.418. The van der Waals surface area contributed by atoms with Gasteiger partial charge in [0.2, 0.25) is 5.91 Å². The Kier molecular flexibility index (Phi) is 5.73. The SMILES string of the molecule is O=C(CN1C(=O)S/C(=C/C=C/c2ccccc2)C1=O)Nc1ccccc1O. The van der Waals surface area contributed by atoms with Crippen molar-refractivity contribution in [1.82, 2.24) is 4.90 Å². The molecule has 1 fully saturated rings. The molecule has 6 nitrogen and oxygen atoms in total. The van der Waals surface area contributed by atoms with E-state index in [4.69, 9.17) is 0 Å². The third kappa shape index (κ3) is 4.65. The van der Waals surface area contributed by atoms with Crippen molar-refractivity contribution in [2.45, 2.75) is 0 Å². The number of hydrogen-bond acceptors (Lipinski definition) is 5. The fourth-order valence-corrected chi connectivity index (χ4v) is 3.16. The first kappa shape index (κ1) is 18.5. The van der Waals surface area contributed by atoms with Gasteiger partial charge in [-0.3, -0.25) is 19.3 Å². The first-order valence-electron chi connectivity index (χ1n) is 8.09. The van der Waals surface area contributed by atoms with Gasteiger partial charge in [0.05, 0.1) is 10.6 Å². The first-order chi connectivity index (χ1) is 13.0. The molecule has 1 heterocycles. The van der Waals surface area contributed by atoms with Crippen LogP contribution in [0.2, 0.25) is 0 Å². The van der Waals surface area contributed by atoms with Gasteiger partial charge in [0, 0.05) is 0 Å². The molecule has 0 aliphatic carbocycles. The second-order valence-electron chi connectivity index (χ2n) is 5.63. The summed E-state index contributed by atoms with van der Waals surface area (Å²) in [5.41, 5.74) is 1.19. The highest BCUT2D eigenvalue weighted by Crippen LogP contribution is 2.30. The van der Waals surface area contributed by atoms with Gasteiger partial charge in [-0.15, -0.1) is 0 Å². The van der Waals surface area contributed by atoms with E-state index in [0.29, 0.717) is 0 Å². The normalized spacial score (nSPS) is 15.7. The maximum atomic E-state index is 12.4. The molecular weight excluding hydrogens is 364 g/mol. The van der Waals surface area contributed by atoms with Crippen molar-refractivity contribution in [2.75, 3.05) is 11.9 Å².